The molecule has 1 aliphatic carbocycles. The van der Waals surface area contributed by atoms with Crippen molar-refractivity contribution in [3.8, 4) is 5.75 Å². The second-order valence-corrected chi connectivity index (χ2v) is 12.2. The third-order valence-electron chi connectivity index (χ3n) is 8.25. The van der Waals surface area contributed by atoms with Gasteiger partial charge in [-0.15, -0.1) is 0 Å². The fourth-order valence-electron chi connectivity index (χ4n) is 6.23. The summed E-state index contributed by atoms with van der Waals surface area (Å²) < 4.78 is 5.49. The van der Waals surface area contributed by atoms with Gasteiger partial charge >= 0.3 is 5.97 Å². The Kier molecular flexibility index (Phi) is 9.91. The van der Waals surface area contributed by atoms with Crippen LogP contribution < -0.4 is 4.74 Å². The van der Waals surface area contributed by atoms with Gasteiger partial charge in [0.15, 0.2) is 0 Å². The number of aromatic nitrogens is 1. The van der Waals surface area contributed by atoms with Crippen molar-refractivity contribution in [1.82, 2.24) is 14.8 Å². The monoisotopic (exact) mass is 513 g/mol. The molecule has 2 heterocycles. The highest BCUT2D eigenvalue weighted by molar-refractivity contribution is 7.99. The number of rotatable bonds is 12. The molecule has 0 bridgehead atoms. The Bertz CT molecular complexity index is 995. The van der Waals surface area contributed by atoms with Gasteiger partial charge in [0.25, 0.3) is 0 Å². The molecule has 6 nitrogen and oxygen atoms in total. The van der Waals surface area contributed by atoms with Crippen molar-refractivity contribution in [2.75, 3.05) is 46.6 Å². The largest absolute Gasteiger partial charge is 0.497 e. The molecular formula is C29H43N3O3S. The van der Waals surface area contributed by atoms with Gasteiger partial charge in [0, 0.05) is 48.1 Å². The van der Waals surface area contributed by atoms with Gasteiger partial charge in [0.1, 0.15) is 5.75 Å². The van der Waals surface area contributed by atoms with Gasteiger partial charge in [-0.1, -0.05) is 12.8 Å². The molecule has 2 aromatic rings. The summed E-state index contributed by atoms with van der Waals surface area (Å²) in [7, 11) is 5.97. The molecule has 4 rings (SSSR count). The van der Waals surface area contributed by atoms with Crippen molar-refractivity contribution in [2.45, 2.75) is 62.7 Å². The first-order valence-corrected chi connectivity index (χ1v) is 14.6. The molecule has 1 aromatic heterocycles. The summed E-state index contributed by atoms with van der Waals surface area (Å²) in [6.07, 6.45) is 10.8. The number of ether oxygens (including phenoxy) is 1. The van der Waals surface area contributed by atoms with Crippen LogP contribution in [-0.4, -0.2) is 77.7 Å². The number of carboxylic acid groups (broad SMARTS) is 1. The van der Waals surface area contributed by atoms with Gasteiger partial charge in [0.05, 0.1) is 12.6 Å². The summed E-state index contributed by atoms with van der Waals surface area (Å²) in [5, 5.41) is 11.6. The lowest BCUT2D eigenvalue weighted by Crippen LogP contribution is -2.42. The lowest BCUT2D eigenvalue weighted by molar-refractivity contribution is -0.139. The number of methoxy groups -OCH3 is 1. The van der Waals surface area contributed by atoms with Gasteiger partial charge < -0.3 is 19.6 Å². The number of carbonyl (C=O) groups is 1. The minimum Gasteiger partial charge on any atom is -0.497 e. The van der Waals surface area contributed by atoms with Crippen molar-refractivity contribution >= 4 is 28.6 Å². The highest BCUT2D eigenvalue weighted by atomic mass is 32.2. The van der Waals surface area contributed by atoms with E-state index in [2.05, 4.69) is 52.8 Å². The van der Waals surface area contributed by atoms with Crippen molar-refractivity contribution < 1.29 is 14.6 Å². The van der Waals surface area contributed by atoms with Crippen molar-refractivity contribution in [3.05, 3.63) is 36.0 Å². The van der Waals surface area contributed by atoms with Crippen molar-refractivity contribution in [1.29, 1.82) is 0 Å². The normalized spacial score (nSPS) is 22.3. The molecule has 0 amide bonds. The third-order valence-corrected chi connectivity index (χ3v) is 9.61. The number of nitrogens with zero attached hydrogens (tertiary/aromatic N) is 3. The van der Waals surface area contributed by atoms with Gasteiger partial charge in [-0.25, -0.2) is 0 Å². The number of likely N-dealkylation sites (tertiary alicyclic amines) is 1. The Morgan fingerprint density at radius 1 is 1.22 bits per heavy atom. The summed E-state index contributed by atoms with van der Waals surface area (Å²) in [5.74, 6) is 2.03. The molecular weight excluding hydrogens is 470 g/mol. The molecule has 36 heavy (non-hydrogen) atoms. The number of hydrogen-bond acceptors (Lipinski definition) is 6. The molecule has 7 heteroatoms. The SMILES string of the molecule is COc1ccc2nccc([C@H](CC[C@@H]3CCN(CCSC4CCCC4)C[C@@H]3CC(=O)O)N(C)C)c2c1. The first-order chi connectivity index (χ1) is 17.4. The highest BCUT2D eigenvalue weighted by Crippen LogP contribution is 2.37. The Morgan fingerprint density at radius 2 is 2.03 bits per heavy atom. The number of pyridine rings is 1. The molecule has 3 atom stereocenters. The average Bonchev–Trinajstić information content (AvgIpc) is 3.38. The fourth-order valence-corrected chi connectivity index (χ4v) is 7.59. The Labute approximate surface area is 220 Å². The maximum Gasteiger partial charge on any atom is 0.303 e. The predicted molar refractivity (Wildman–Crippen MR) is 149 cm³/mol. The first kappa shape index (κ1) is 27.2. The summed E-state index contributed by atoms with van der Waals surface area (Å²) >= 11 is 2.13. The Balaban J connectivity index is 1.40. The van der Waals surface area contributed by atoms with Crippen LogP contribution in [0.1, 0.15) is 63.0 Å². The zero-order chi connectivity index (χ0) is 25.5. The quantitative estimate of drug-likeness (QED) is 0.390. The van der Waals surface area contributed by atoms with Crippen LogP contribution in [0.15, 0.2) is 30.5 Å². The van der Waals surface area contributed by atoms with Crippen LogP contribution in [0.4, 0.5) is 0 Å². The van der Waals surface area contributed by atoms with E-state index >= 15 is 0 Å². The zero-order valence-corrected chi connectivity index (χ0v) is 23.0. The van der Waals surface area contributed by atoms with Crippen molar-refractivity contribution in [3.63, 3.8) is 0 Å². The molecule has 198 valence electrons. The molecule has 0 radical (unpaired) electrons. The van der Waals surface area contributed by atoms with Crippen LogP contribution in [0.2, 0.25) is 0 Å². The van der Waals surface area contributed by atoms with Crippen LogP contribution in [0, 0.1) is 11.8 Å². The lowest BCUT2D eigenvalue weighted by atomic mass is 9.79. The minimum atomic E-state index is -0.663. The first-order valence-electron chi connectivity index (χ1n) is 13.6. The molecule has 1 saturated carbocycles. The standard InChI is InChI=1S/C29H43N3O3S/c1-31(2)28(25-12-14-30-27-10-9-23(35-3)19-26(25)27)11-8-21-13-15-32(20-22(21)18-29(33)34)16-17-36-24-6-4-5-7-24/h9-10,12,14,19,21-22,24,28H,4-8,11,13,15-18,20H2,1-3H3,(H,33,34)/t21-,22+,28+/m1/s1. The zero-order valence-electron chi connectivity index (χ0n) is 22.2. The average molecular weight is 514 g/mol. The van der Waals surface area contributed by atoms with E-state index in [1.54, 1.807) is 7.11 Å². The molecule has 2 aliphatic rings. The molecule has 0 spiro atoms. The summed E-state index contributed by atoms with van der Waals surface area (Å²) in [6.45, 7) is 3.10. The fraction of sp³-hybridized carbons (Fsp3) is 0.655. The van der Waals surface area contributed by atoms with E-state index in [4.69, 9.17) is 4.74 Å². The number of piperidine rings is 1. The maximum atomic E-state index is 11.7. The van der Waals surface area contributed by atoms with Crippen LogP contribution in [0.25, 0.3) is 10.9 Å². The van der Waals surface area contributed by atoms with Gasteiger partial charge in [-0.3, -0.25) is 9.78 Å². The molecule has 0 unspecified atom stereocenters. The third kappa shape index (κ3) is 7.14. The van der Waals surface area contributed by atoms with E-state index < -0.39 is 5.97 Å². The molecule has 2 fully saturated rings. The van der Waals surface area contributed by atoms with Crippen molar-refractivity contribution in [2.24, 2.45) is 11.8 Å². The van der Waals surface area contributed by atoms with E-state index in [0.717, 1.165) is 60.8 Å². The number of fused-ring (bicyclic) bond motifs is 1. The highest BCUT2D eigenvalue weighted by Gasteiger charge is 2.32. The van der Waals surface area contributed by atoms with Gasteiger partial charge in [-0.2, -0.15) is 11.8 Å². The van der Waals surface area contributed by atoms with E-state index in [1.165, 1.54) is 37.0 Å². The molecule has 1 saturated heterocycles. The van der Waals surface area contributed by atoms with Crippen LogP contribution in [-0.2, 0) is 4.79 Å². The number of carboxylic acids is 1. The van der Waals surface area contributed by atoms with E-state index in [0.29, 0.717) is 5.92 Å². The van der Waals surface area contributed by atoms with Gasteiger partial charge in [0.2, 0.25) is 0 Å². The number of benzene rings is 1. The summed E-state index contributed by atoms with van der Waals surface area (Å²) in [5.41, 5.74) is 2.24. The molecule has 1 N–H and O–H groups in total. The minimum absolute atomic E-state index is 0.227. The maximum absolute atomic E-state index is 11.7. The van der Waals surface area contributed by atoms with Crippen LogP contribution >= 0.6 is 11.8 Å². The number of thioether (sulfide) groups is 1. The number of aliphatic carboxylic acids is 1. The topological polar surface area (TPSA) is 65.9 Å². The van der Waals surface area contributed by atoms with E-state index in [-0.39, 0.29) is 18.4 Å². The van der Waals surface area contributed by atoms with Crippen LogP contribution in [0.3, 0.4) is 0 Å². The lowest BCUT2D eigenvalue weighted by Gasteiger charge is -2.39. The predicted octanol–water partition coefficient (Wildman–Crippen LogP) is 5.71. The summed E-state index contributed by atoms with van der Waals surface area (Å²) in [4.78, 5) is 21.1. The molecule has 1 aliphatic heterocycles. The summed E-state index contributed by atoms with van der Waals surface area (Å²) in [6, 6.07) is 8.44. The number of hydrogen-bond donors (Lipinski definition) is 1. The second-order valence-electron chi connectivity index (χ2n) is 10.8. The van der Waals surface area contributed by atoms with E-state index in [9.17, 15) is 9.90 Å². The Hall–Kier alpha value is -1.83. The molecule has 1 aromatic carbocycles. The van der Waals surface area contributed by atoms with E-state index in [1.807, 2.05) is 18.3 Å². The second kappa shape index (κ2) is 13.1. The Morgan fingerprint density at radius 3 is 2.75 bits per heavy atom. The smallest absolute Gasteiger partial charge is 0.303 e. The van der Waals surface area contributed by atoms with Crippen LogP contribution in [0.5, 0.6) is 5.75 Å². The van der Waals surface area contributed by atoms with Gasteiger partial charge in [-0.05, 0) is 94.4 Å².